The molecule has 0 amide bonds. The van der Waals surface area contributed by atoms with Crippen LogP contribution in [0, 0.1) is 5.82 Å². The zero-order chi connectivity index (χ0) is 12.1. The molecule has 94 valence electrons. The maximum atomic E-state index is 13.1. The van der Waals surface area contributed by atoms with Gasteiger partial charge in [0.2, 0.25) is 0 Å². The first-order chi connectivity index (χ1) is 8.29. The zero-order valence-electron chi connectivity index (χ0n) is 10.1. The van der Waals surface area contributed by atoms with Crippen LogP contribution in [0.1, 0.15) is 31.2 Å². The van der Waals surface area contributed by atoms with E-state index >= 15 is 0 Å². The first kappa shape index (κ1) is 12.5. The summed E-state index contributed by atoms with van der Waals surface area (Å²) in [6.07, 6.45) is 7.74. The van der Waals surface area contributed by atoms with E-state index in [0.29, 0.717) is 6.04 Å². The number of hydrogen-bond donors (Lipinski definition) is 1. The minimum atomic E-state index is -0.255. The van der Waals surface area contributed by atoms with E-state index in [1.54, 1.807) is 12.3 Å². The average molecular weight is 237 g/mol. The fourth-order valence-corrected chi connectivity index (χ4v) is 2.56. The molecule has 0 aliphatic carbocycles. The Morgan fingerprint density at radius 1 is 1.41 bits per heavy atom. The maximum absolute atomic E-state index is 13.1. The standard InChI is InChI=1S/C13H20FN3/c14-12-7-11(8-16-9-12)10-17-6-2-1-3-13(17)4-5-15/h7-9,13H,1-6,10,15H2. The number of halogens is 1. The van der Waals surface area contributed by atoms with Crippen molar-refractivity contribution in [3.8, 4) is 0 Å². The molecular weight excluding hydrogens is 217 g/mol. The number of rotatable bonds is 4. The van der Waals surface area contributed by atoms with Crippen molar-refractivity contribution < 1.29 is 4.39 Å². The van der Waals surface area contributed by atoms with Crippen LogP contribution in [0.2, 0.25) is 0 Å². The molecule has 17 heavy (non-hydrogen) atoms. The van der Waals surface area contributed by atoms with Gasteiger partial charge in [0.1, 0.15) is 5.82 Å². The van der Waals surface area contributed by atoms with Crippen molar-refractivity contribution in [1.82, 2.24) is 9.88 Å². The minimum Gasteiger partial charge on any atom is -0.330 e. The first-order valence-electron chi connectivity index (χ1n) is 6.33. The molecule has 1 aliphatic heterocycles. The third-order valence-electron chi connectivity index (χ3n) is 3.40. The SMILES string of the molecule is NCCC1CCCCN1Cc1cncc(F)c1. The van der Waals surface area contributed by atoms with Gasteiger partial charge < -0.3 is 5.73 Å². The van der Waals surface area contributed by atoms with Crippen molar-refractivity contribution >= 4 is 0 Å². The van der Waals surface area contributed by atoms with Crippen molar-refractivity contribution in [2.75, 3.05) is 13.1 Å². The van der Waals surface area contributed by atoms with Crippen LogP contribution >= 0.6 is 0 Å². The summed E-state index contributed by atoms with van der Waals surface area (Å²) in [5.41, 5.74) is 6.59. The van der Waals surface area contributed by atoms with Gasteiger partial charge >= 0.3 is 0 Å². The van der Waals surface area contributed by atoms with Crippen LogP contribution in [0.15, 0.2) is 18.5 Å². The lowest BCUT2D eigenvalue weighted by atomic mass is 9.99. The van der Waals surface area contributed by atoms with Crippen LogP contribution < -0.4 is 5.73 Å². The van der Waals surface area contributed by atoms with E-state index in [1.165, 1.54) is 25.5 Å². The molecule has 4 heteroatoms. The minimum absolute atomic E-state index is 0.255. The summed E-state index contributed by atoms with van der Waals surface area (Å²) >= 11 is 0. The molecule has 3 nitrogen and oxygen atoms in total. The second kappa shape index (κ2) is 6.07. The smallest absolute Gasteiger partial charge is 0.141 e. The molecule has 2 heterocycles. The van der Waals surface area contributed by atoms with Gasteiger partial charge in [-0.25, -0.2) is 4.39 Å². The van der Waals surface area contributed by atoms with Crippen LogP contribution in [0.3, 0.4) is 0 Å². The lowest BCUT2D eigenvalue weighted by molar-refractivity contribution is 0.134. The highest BCUT2D eigenvalue weighted by molar-refractivity contribution is 5.10. The molecule has 1 aliphatic rings. The second-order valence-corrected chi connectivity index (χ2v) is 4.71. The Hall–Kier alpha value is -1.00. The highest BCUT2D eigenvalue weighted by Gasteiger charge is 2.21. The second-order valence-electron chi connectivity index (χ2n) is 4.71. The Balaban J connectivity index is 2.00. The van der Waals surface area contributed by atoms with E-state index in [9.17, 15) is 4.39 Å². The van der Waals surface area contributed by atoms with Gasteiger partial charge in [-0.2, -0.15) is 0 Å². The molecule has 2 N–H and O–H groups in total. The topological polar surface area (TPSA) is 42.1 Å². The number of nitrogens with zero attached hydrogens (tertiary/aromatic N) is 2. The average Bonchev–Trinajstić information content (AvgIpc) is 2.32. The molecule has 0 saturated carbocycles. The first-order valence-corrected chi connectivity index (χ1v) is 6.33. The van der Waals surface area contributed by atoms with Crippen LogP contribution in [-0.4, -0.2) is 29.0 Å². The molecule has 1 saturated heterocycles. The summed E-state index contributed by atoms with van der Waals surface area (Å²) in [4.78, 5) is 6.30. The summed E-state index contributed by atoms with van der Waals surface area (Å²) in [6, 6.07) is 2.12. The normalized spacial score (nSPS) is 21.6. The summed E-state index contributed by atoms with van der Waals surface area (Å²) in [5.74, 6) is -0.255. The third-order valence-corrected chi connectivity index (χ3v) is 3.40. The largest absolute Gasteiger partial charge is 0.330 e. The molecular formula is C13H20FN3. The Morgan fingerprint density at radius 3 is 3.06 bits per heavy atom. The van der Waals surface area contributed by atoms with Gasteiger partial charge in [-0.15, -0.1) is 0 Å². The number of hydrogen-bond acceptors (Lipinski definition) is 3. The summed E-state index contributed by atoms with van der Waals surface area (Å²) in [7, 11) is 0. The molecule has 0 aromatic carbocycles. The van der Waals surface area contributed by atoms with Crippen molar-refractivity contribution in [1.29, 1.82) is 0 Å². The van der Waals surface area contributed by atoms with Gasteiger partial charge in [-0.05, 0) is 44.0 Å². The van der Waals surface area contributed by atoms with Gasteiger partial charge in [0.05, 0.1) is 6.20 Å². The quantitative estimate of drug-likeness (QED) is 0.870. The van der Waals surface area contributed by atoms with E-state index in [-0.39, 0.29) is 5.82 Å². The van der Waals surface area contributed by atoms with Crippen molar-refractivity contribution in [3.05, 3.63) is 29.8 Å². The number of pyridine rings is 1. The Morgan fingerprint density at radius 2 is 2.29 bits per heavy atom. The maximum Gasteiger partial charge on any atom is 0.141 e. The number of nitrogens with two attached hydrogens (primary N) is 1. The molecule has 1 unspecified atom stereocenters. The number of aromatic nitrogens is 1. The molecule has 0 spiro atoms. The van der Waals surface area contributed by atoms with Crippen LogP contribution in [0.5, 0.6) is 0 Å². The Kier molecular flexibility index (Phi) is 4.45. The van der Waals surface area contributed by atoms with Crippen LogP contribution in [-0.2, 0) is 6.54 Å². The van der Waals surface area contributed by atoms with Gasteiger partial charge in [0, 0.05) is 18.8 Å². The summed E-state index contributed by atoms with van der Waals surface area (Å²) < 4.78 is 13.1. The summed E-state index contributed by atoms with van der Waals surface area (Å²) in [6.45, 7) is 2.60. The van der Waals surface area contributed by atoms with Crippen molar-refractivity contribution in [2.45, 2.75) is 38.3 Å². The monoisotopic (exact) mass is 237 g/mol. The molecule has 1 atom stereocenters. The molecule has 1 aromatic heterocycles. The van der Waals surface area contributed by atoms with E-state index in [4.69, 9.17) is 5.73 Å². The predicted molar refractivity (Wildman–Crippen MR) is 65.9 cm³/mol. The molecule has 0 radical (unpaired) electrons. The van der Waals surface area contributed by atoms with E-state index < -0.39 is 0 Å². The predicted octanol–water partition coefficient (Wildman–Crippen LogP) is 1.92. The number of likely N-dealkylation sites (tertiary alicyclic amines) is 1. The van der Waals surface area contributed by atoms with Crippen LogP contribution in [0.4, 0.5) is 4.39 Å². The van der Waals surface area contributed by atoms with E-state index in [0.717, 1.165) is 31.6 Å². The lowest BCUT2D eigenvalue weighted by Crippen LogP contribution is -2.40. The van der Waals surface area contributed by atoms with Gasteiger partial charge in [0.15, 0.2) is 0 Å². The van der Waals surface area contributed by atoms with Crippen molar-refractivity contribution in [2.24, 2.45) is 5.73 Å². The molecule has 2 rings (SSSR count). The van der Waals surface area contributed by atoms with Gasteiger partial charge in [0.25, 0.3) is 0 Å². The van der Waals surface area contributed by atoms with Gasteiger partial charge in [-0.1, -0.05) is 6.42 Å². The highest BCUT2D eigenvalue weighted by Crippen LogP contribution is 2.21. The summed E-state index contributed by atoms with van der Waals surface area (Å²) in [5, 5.41) is 0. The highest BCUT2D eigenvalue weighted by atomic mass is 19.1. The van der Waals surface area contributed by atoms with Crippen molar-refractivity contribution in [3.63, 3.8) is 0 Å². The van der Waals surface area contributed by atoms with E-state index in [2.05, 4.69) is 9.88 Å². The Labute approximate surface area is 102 Å². The van der Waals surface area contributed by atoms with Gasteiger partial charge in [-0.3, -0.25) is 9.88 Å². The fraction of sp³-hybridized carbons (Fsp3) is 0.615. The molecule has 1 fully saturated rings. The Bertz CT molecular complexity index is 354. The zero-order valence-corrected chi connectivity index (χ0v) is 10.1. The number of piperidine rings is 1. The van der Waals surface area contributed by atoms with E-state index in [1.807, 2.05) is 0 Å². The molecule has 0 bridgehead atoms. The van der Waals surface area contributed by atoms with Crippen LogP contribution in [0.25, 0.3) is 0 Å². The fourth-order valence-electron chi connectivity index (χ4n) is 2.56. The third kappa shape index (κ3) is 3.48. The molecule has 1 aromatic rings. The lowest BCUT2D eigenvalue weighted by Gasteiger charge is -2.35.